The molecule has 0 bridgehead atoms. The fraction of sp³-hybridized carbons (Fsp3) is 0.615. The molecule has 82 valence electrons. The van der Waals surface area contributed by atoms with E-state index in [2.05, 4.69) is 0 Å². The summed E-state index contributed by atoms with van der Waals surface area (Å²) in [6.45, 7) is 3.75. The summed E-state index contributed by atoms with van der Waals surface area (Å²) in [6, 6.07) is 1.62. The first-order valence-corrected chi connectivity index (χ1v) is 5.79. The molecule has 0 aliphatic heterocycles. The summed E-state index contributed by atoms with van der Waals surface area (Å²) >= 11 is 0. The molecule has 1 aliphatic carbocycles. The molecule has 1 saturated carbocycles. The molecule has 2 heteroatoms. The van der Waals surface area contributed by atoms with Crippen LogP contribution in [-0.2, 0) is 0 Å². The number of hydrogen-bond acceptors (Lipinski definition) is 2. The third-order valence-corrected chi connectivity index (χ3v) is 3.31. The average molecular weight is 206 g/mol. The Labute approximate surface area is 90.3 Å². The molecular formula is C13H18O2. The molecule has 15 heavy (non-hydrogen) atoms. The highest BCUT2D eigenvalue weighted by molar-refractivity contribution is 5.23. The van der Waals surface area contributed by atoms with Crippen LogP contribution in [0.15, 0.2) is 15.3 Å². The van der Waals surface area contributed by atoms with Crippen molar-refractivity contribution in [2.75, 3.05) is 0 Å². The minimum absolute atomic E-state index is 0.170. The van der Waals surface area contributed by atoms with Gasteiger partial charge in [-0.2, -0.15) is 0 Å². The summed E-state index contributed by atoms with van der Waals surface area (Å²) in [5.74, 6) is 1.99. The van der Waals surface area contributed by atoms with Crippen LogP contribution in [0.5, 0.6) is 0 Å². The van der Waals surface area contributed by atoms with Crippen LogP contribution in [0.3, 0.4) is 0 Å². The molecule has 0 radical (unpaired) electrons. The van der Waals surface area contributed by atoms with Gasteiger partial charge in [-0.05, 0) is 32.6 Å². The van der Waals surface area contributed by atoms with Crippen molar-refractivity contribution in [2.45, 2.75) is 51.9 Å². The van der Waals surface area contributed by atoms with E-state index in [0.29, 0.717) is 5.92 Å². The zero-order chi connectivity index (χ0) is 10.8. The quantitative estimate of drug-likeness (QED) is 0.705. The lowest BCUT2D eigenvalue weighted by molar-refractivity contribution is 0.413. The number of aryl methyl sites for hydroxylation is 2. The van der Waals surface area contributed by atoms with Crippen LogP contribution in [0, 0.1) is 13.8 Å². The minimum atomic E-state index is 0.170. The second-order valence-corrected chi connectivity index (χ2v) is 4.53. The number of rotatable bonds is 1. The van der Waals surface area contributed by atoms with Crippen molar-refractivity contribution < 1.29 is 4.42 Å². The van der Waals surface area contributed by atoms with Gasteiger partial charge in [0.1, 0.15) is 11.5 Å². The third-order valence-electron chi connectivity index (χ3n) is 3.31. The van der Waals surface area contributed by atoms with Crippen molar-refractivity contribution >= 4 is 0 Å². The summed E-state index contributed by atoms with van der Waals surface area (Å²) in [7, 11) is 0. The van der Waals surface area contributed by atoms with Crippen LogP contribution < -0.4 is 5.43 Å². The van der Waals surface area contributed by atoms with Crippen LogP contribution in [0.1, 0.15) is 55.1 Å². The van der Waals surface area contributed by atoms with E-state index < -0.39 is 0 Å². The maximum Gasteiger partial charge on any atom is 0.188 e. The van der Waals surface area contributed by atoms with Crippen LogP contribution in [-0.4, -0.2) is 0 Å². The molecule has 1 fully saturated rings. The van der Waals surface area contributed by atoms with Crippen LogP contribution in [0.2, 0.25) is 0 Å². The van der Waals surface area contributed by atoms with Gasteiger partial charge in [0.25, 0.3) is 0 Å². The Balaban J connectivity index is 2.38. The average Bonchev–Trinajstić information content (AvgIpc) is 2.17. The summed E-state index contributed by atoms with van der Waals surface area (Å²) in [5, 5.41) is 0. The van der Waals surface area contributed by atoms with Gasteiger partial charge >= 0.3 is 0 Å². The fourth-order valence-corrected chi connectivity index (χ4v) is 2.64. The highest BCUT2D eigenvalue weighted by atomic mass is 16.3. The number of hydrogen-bond donors (Lipinski definition) is 0. The second kappa shape index (κ2) is 4.21. The van der Waals surface area contributed by atoms with Gasteiger partial charge < -0.3 is 4.42 Å². The topological polar surface area (TPSA) is 30.2 Å². The van der Waals surface area contributed by atoms with E-state index in [9.17, 15) is 4.79 Å². The van der Waals surface area contributed by atoms with Gasteiger partial charge in [0.05, 0.1) is 0 Å². The molecule has 1 aromatic heterocycles. The van der Waals surface area contributed by atoms with Gasteiger partial charge in [0, 0.05) is 11.6 Å². The summed E-state index contributed by atoms with van der Waals surface area (Å²) in [4.78, 5) is 11.9. The smallest absolute Gasteiger partial charge is 0.188 e. The normalized spacial score (nSPS) is 18.0. The Morgan fingerprint density at radius 2 is 1.87 bits per heavy atom. The molecular weight excluding hydrogens is 188 g/mol. The predicted octanol–water partition coefficient (Wildman–Crippen LogP) is 3.30. The monoisotopic (exact) mass is 206 g/mol. The Bertz CT molecular complexity index is 397. The lowest BCUT2D eigenvalue weighted by Crippen LogP contribution is -2.17. The lowest BCUT2D eigenvalue weighted by Gasteiger charge is -2.22. The molecule has 1 aromatic rings. The second-order valence-electron chi connectivity index (χ2n) is 4.53. The Morgan fingerprint density at radius 3 is 2.47 bits per heavy atom. The van der Waals surface area contributed by atoms with Gasteiger partial charge in [0.15, 0.2) is 5.43 Å². The molecule has 0 atom stereocenters. The predicted molar refractivity (Wildman–Crippen MR) is 60.3 cm³/mol. The first-order valence-electron chi connectivity index (χ1n) is 5.79. The SMILES string of the molecule is Cc1cc(=O)c(C2CCCCC2)c(C)o1. The lowest BCUT2D eigenvalue weighted by atomic mass is 9.83. The molecule has 0 saturated heterocycles. The Hall–Kier alpha value is -1.05. The van der Waals surface area contributed by atoms with Crippen LogP contribution in [0.25, 0.3) is 0 Å². The molecule has 0 unspecified atom stereocenters. The van der Waals surface area contributed by atoms with Crippen molar-refractivity contribution in [1.82, 2.24) is 0 Å². The molecule has 0 aromatic carbocycles. The third kappa shape index (κ3) is 2.14. The summed E-state index contributed by atoms with van der Waals surface area (Å²) in [6.07, 6.45) is 6.10. The van der Waals surface area contributed by atoms with Crippen molar-refractivity contribution in [3.8, 4) is 0 Å². The molecule has 2 nitrogen and oxygen atoms in total. The zero-order valence-corrected chi connectivity index (χ0v) is 9.51. The molecule has 0 amide bonds. The van der Waals surface area contributed by atoms with Gasteiger partial charge in [-0.15, -0.1) is 0 Å². The van der Waals surface area contributed by atoms with Crippen molar-refractivity contribution in [3.63, 3.8) is 0 Å². The van der Waals surface area contributed by atoms with Gasteiger partial charge in [-0.3, -0.25) is 4.79 Å². The first kappa shape index (κ1) is 10.5. The van der Waals surface area contributed by atoms with Gasteiger partial charge in [-0.25, -0.2) is 0 Å². The largest absolute Gasteiger partial charge is 0.466 e. The molecule has 0 spiro atoms. The minimum Gasteiger partial charge on any atom is -0.466 e. The van der Waals surface area contributed by atoms with E-state index in [-0.39, 0.29) is 5.43 Å². The molecule has 2 rings (SSSR count). The van der Waals surface area contributed by atoms with E-state index in [1.54, 1.807) is 6.07 Å². The van der Waals surface area contributed by atoms with E-state index in [0.717, 1.165) is 29.9 Å². The van der Waals surface area contributed by atoms with E-state index in [1.807, 2.05) is 13.8 Å². The highest BCUT2D eigenvalue weighted by Crippen LogP contribution is 2.32. The van der Waals surface area contributed by atoms with Crippen molar-refractivity contribution in [2.24, 2.45) is 0 Å². The fourth-order valence-electron chi connectivity index (χ4n) is 2.64. The van der Waals surface area contributed by atoms with E-state index in [1.165, 1.54) is 19.3 Å². The van der Waals surface area contributed by atoms with Crippen molar-refractivity contribution in [1.29, 1.82) is 0 Å². The Morgan fingerprint density at radius 1 is 1.20 bits per heavy atom. The van der Waals surface area contributed by atoms with E-state index in [4.69, 9.17) is 4.42 Å². The summed E-state index contributed by atoms with van der Waals surface area (Å²) in [5.41, 5.74) is 1.10. The maximum atomic E-state index is 11.9. The van der Waals surface area contributed by atoms with Gasteiger partial charge in [0.2, 0.25) is 0 Å². The first-order chi connectivity index (χ1) is 7.18. The van der Waals surface area contributed by atoms with Crippen LogP contribution in [0.4, 0.5) is 0 Å². The standard InChI is InChI=1S/C13H18O2/c1-9-8-12(14)13(10(2)15-9)11-6-4-3-5-7-11/h8,11H,3-7H2,1-2H3. The molecule has 1 heterocycles. The summed E-state index contributed by atoms with van der Waals surface area (Å²) < 4.78 is 5.54. The van der Waals surface area contributed by atoms with Crippen molar-refractivity contribution in [3.05, 3.63) is 33.4 Å². The molecule has 1 aliphatic rings. The van der Waals surface area contributed by atoms with Crippen LogP contribution >= 0.6 is 0 Å². The molecule has 0 N–H and O–H groups in total. The van der Waals surface area contributed by atoms with E-state index >= 15 is 0 Å². The zero-order valence-electron chi connectivity index (χ0n) is 9.51. The highest BCUT2D eigenvalue weighted by Gasteiger charge is 2.21. The maximum absolute atomic E-state index is 11.9. The van der Waals surface area contributed by atoms with Gasteiger partial charge in [-0.1, -0.05) is 19.3 Å². The Kier molecular flexibility index (Phi) is 2.94.